The lowest BCUT2D eigenvalue weighted by atomic mass is 10.1. The lowest BCUT2D eigenvalue weighted by molar-refractivity contribution is -0.192. The largest absolute Gasteiger partial charge is 0.490 e. The number of carbonyl (C=O) groups excluding carboxylic acids is 1. The van der Waals surface area contributed by atoms with E-state index in [4.69, 9.17) is 31.5 Å². The van der Waals surface area contributed by atoms with Crippen molar-refractivity contribution in [1.29, 1.82) is 0 Å². The molecule has 13 heteroatoms. The molecule has 1 atom stereocenters. The first kappa shape index (κ1) is 25.4. The van der Waals surface area contributed by atoms with Gasteiger partial charge in [0.25, 0.3) is 0 Å². The summed E-state index contributed by atoms with van der Waals surface area (Å²) in [6.07, 6.45) is -4.04. The number of carboxylic acids is 1. The number of aliphatic imine (C=N–C) groups is 1. The minimum absolute atomic E-state index is 0.0148. The zero-order valence-electron chi connectivity index (χ0n) is 16.4. The number of carboxylic acid groups (broad SMARTS) is 1. The highest BCUT2D eigenvalue weighted by Crippen LogP contribution is 2.21. The van der Waals surface area contributed by atoms with Gasteiger partial charge in [0.1, 0.15) is 5.58 Å². The number of alkyl halides is 3. The van der Waals surface area contributed by atoms with E-state index in [-0.39, 0.29) is 11.9 Å². The summed E-state index contributed by atoms with van der Waals surface area (Å²) in [6.45, 7) is 2.24. The predicted molar refractivity (Wildman–Crippen MR) is 107 cm³/mol. The minimum atomic E-state index is -5.08. The first-order valence-electron chi connectivity index (χ1n) is 8.77. The van der Waals surface area contributed by atoms with Gasteiger partial charge >= 0.3 is 17.8 Å². The zero-order valence-corrected chi connectivity index (χ0v) is 16.4. The van der Waals surface area contributed by atoms with Gasteiger partial charge in [0.15, 0.2) is 5.96 Å². The van der Waals surface area contributed by atoms with E-state index >= 15 is 0 Å². The summed E-state index contributed by atoms with van der Waals surface area (Å²) < 4.78 is 36.9. The van der Waals surface area contributed by atoms with Crippen LogP contribution in [-0.2, 0) is 9.59 Å². The van der Waals surface area contributed by atoms with Crippen LogP contribution >= 0.6 is 0 Å². The molecule has 170 valence electrons. The maximum atomic E-state index is 12.1. The number of benzene rings is 1. The second kappa shape index (κ2) is 11.0. The Kier molecular flexibility index (Phi) is 8.99. The Morgan fingerprint density at radius 2 is 1.87 bits per heavy atom. The first-order chi connectivity index (χ1) is 14.3. The number of nitrogens with two attached hydrogens (primary N) is 3. The molecule has 1 amide bonds. The standard InChI is InChI=1S/C16H21N5O3.C2HF3O2/c1-9-7-14(22)24-13-8-10(4-5-11(9)13)21-15(23)12(17)3-2-6-20-16(18)19;3-2(4,5)1(6)7/h4-5,7-8,12H,2-3,6,17H2,1H3,(H,21,23)(H4,18,19,20);(H,6,7)/t12-;/m0./s1. The van der Waals surface area contributed by atoms with Gasteiger partial charge in [-0.3, -0.25) is 9.79 Å². The van der Waals surface area contributed by atoms with Crippen molar-refractivity contribution >= 4 is 34.5 Å². The molecule has 0 spiro atoms. The third kappa shape index (κ3) is 8.74. The third-order valence-corrected chi connectivity index (χ3v) is 3.77. The highest BCUT2D eigenvalue weighted by molar-refractivity contribution is 5.96. The molecule has 8 N–H and O–H groups in total. The van der Waals surface area contributed by atoms with Gasteiger partial charge in [-0.05, 0) is 37.5 Å². The number of aliphatic carboxylic acids is 1. The fourth-order valence-corrected chi connectivity index (χ4v) is 2.29. The molecule has 2 aromatic rings. The van der Waals surface area contributed by atoms with Crippen LogP contribution in [0.15, 0.2) is 38.5 Å². The zero-order chi connectivity index (χ0) is 23.8. The van der Waals surface area contributed by atoms with Gasteiger partial charge in [-0.25, -0.2) is 9.59 Å². The Morgan fingerprint density at radius 3 is 2.42 bits per heavy atom. The van der Waals surface area contributed by atoms with E-state index in [1.807, 2.05) is 6.92 Å². The number of halogens is 3. The Morgan fingerprint density at radius 1 is 1.26 bits per heavy atom. The van der Waals surface area contributed by atoms with Crippen molar-refractivity contribution in [1.82, 2.24) is 0 Å². The molecule has 0 radical (unpaired) electrons. The number of hydrogen-bond acceptors (Lipinski definition) is 6. The Labute approximate surface area is 173 Å². The van der Waals surface area contributed by atoms with Gasteiger partial charge in [-0.15, -0.1) is 0 Å². The van der Waals surface area contributed by atoms with E-state index in [1.54, 1.807) is 18.2 Å². The highest BCUT2D eigenvalue weighted by atomic mass is 19.4. The minimum Gasteiger partial charge on any atom is -0.475 e. The maximum absolute atomic E-state index is 12.1. The fourth-order valence-electron chi connectivity index (χ4n) is 2.29. The number of anilines is 1. The Hall–Kier alpha value is -3.61. The number of hydrogen-bond donors (Lipinski definition) is 5. The second-order valence-electron chi connectivity index (χ2n) is 6.31. The van der Waals surface area contributed by atoms with Gasteiger partial charge in [0, 0.05) is 29.8 Å². The molecule has 0 saturated heterocycles. The van der Waals surface area contributed by atoms with Crippen LogP contribution in [0.5, 0.6) is 0 Å². The van der Waals surface area contributed by atoms with E-state index in [0.717, 1.165) is 10.9 Å². The summed E-state index contributed by atoms with van der Waals surface area (Å²) >= 11 is 0. The van der Waals surface area contributed by atoms with Crippen LogP contribution in [0.2, 0.25) is 0 Å². The van der Waals surface area contributed by atoms with Gasteiger partial charge in [-0.2, -0.15) is 13.2 Å². The molecule has 1 aromatic carbocycles. The maximum Gasteiger partial charge on any atom is 0.490 e. The number of nitrogens with one attached hydrogen (secondary N) is 1. The summed E-state index contributed by atoms with van der Waals surface area (Å²) in [5.74, 6) is -3.07. The molecule has 1 heterocycles. The summed E-state index contributed by atoms with van der Waals surface area (Å²) in [4.78, 5) is 36.3. The van der Waals surface area contributed by atoms with Crippen molar-refractivity contribution < 1.29 is 32.3 Å². The third-order valence-electron chi connectivity index (χ3n) is 3.77. The average molecular weight is 445 g/mol. The monoisotopic (exact) mass is 445 g/mol. The summed E-state index contributed by atoms with van der Waals surface area (Å²) in [5, 5.41) is 10.7. The summed E-state index contributed by atoms with van der Waals surface area (Å²) in [6, 6.07) is 5.87. The Bertz CT molecular complexity index is 1020. The molecule has 0 aliphatic carbocycles. The van der Waals surface area contributed by atoms with E-state index in [1.165, 1.54) is 6.07 Å². The smallest absolute Gasteiger partial charge is 0.475 e. The van der Waals surface area contributed by atoms with Crippen LogP contribution in [0.3, 0.4) is 0 Å². The first-order valence-corrected chi connectivity index (χ1v) is 8.77. The number of nitrogens with zero attached hydrogens (tertiary/aromatic N) is 1. The molecule has 0 aliphatic rings. The van der Waals surface area contributed by atoms with Crippen LogP contribution in [0, 0.1) is 6.92 Å². The second-order valence-corrected chi connectivity index (χ2v) is 6.31. The highest BCUT2D eigenvalue weighted by Gasteiger charge is 2.38. The van der Waals surface area contributed by atoms with Crippen molar-refractivity contribution in [3.8, 4) is 0 Å². The summed E-state index contributed by atoms with van der Waals surface area (Å²) in [7, 11) is 0. The van der Waals surface area contributed by atoms with Crippen LogP contribution in [-0.4, -0.2) is 41.7 Å². The molecular weight excluding hydrogens is 423 g/mol. The van der Waals surface area contributed by atoms with Gasteiger partial charge in [-0.1, -0.05) is 0 Å². The molecule has 0 saturated carbocycles. The molecule has 31 heavy (non-hydrogen) atoms. The number of carbonyl (C=O) groups is 2. The fraction of sp³-hybridized carbons (Fsp3) is 0.333. The van der Waals surface area contributed by atoms with E-state index in [2.05, 4.69) is 10.3 Å². The number of amides is 1. The SMILES string of the molecule is Cc1cc(=O)oc2cc(NC(=O)[C@@H](N)CCCN=C(N)N)ccc12.O=C(O)C(F)(F)F. The molecular formula is C18H22F3N5O5. The van der Waals surface area contributed by atoms with Crippen molar-refractivity contribution in [2.24, 2.45) is 22.2 Å². The predicted octanol–water partition coefficient (Wildman–Crippen LogP) is 1.05. The van der Waals surface area contributed by atoms with E-state index in [0.29, 0.717) is 30.7 Å². The molecule has 1 aromatic heterocycles. The molecule has 2 rings (SSSR count). The molecule has 0 unspecified atom stereocenters. The molecule has 10 nitrogen and oxygen atoms in total. The van der Waals surface area contributed by atoms with E-state index in [9.17, 15) is 22.8 Å². The van der Waals surface area contributed by atoms with Crippen LogP contribution in [0.25, 0.3) is 11.0 Å². The molecule has 0 fully saturated rings. The number of rotatable bonds is 6. The van der Waals surface area contributed by atoms with Crippen LogP contribution in [0.4, 0.5) is 18.9 Å². The summed E-state index contributed by atoms with van der Waals surface area (Å²) in [5.41, 5.74) is 17.6. The topological polar surface area (TPSA) is 187 Å². The molecule has 0 aliphatic heterocycles. The van der Waals surface area contributed by atoms with Crippen LogP contribution in [0.1, 0.15) is 18.4 Å². The molecule has 0 bridgehead atoms. The van der Waals surface area contributed by atoms with Gasteiger partial charge < -0.3 is 32.0 Å². The van der Waals surface area contributed by atoms with Crippen molar-refractivity contribution in [2.45, 2.75) is 32.0 Å². The Balaban J connectivity index is 0.000000592. The lowest BCUT2D eigenvalue weighted by Crippen LogP contribution is -2.35. The van der Waals surface area contributed by atoms with Crippen molar-refractivity contribution in [2.75, 3.05) is 11.9 Å². The normalized spacial score (nSPS) is 11.8. The number of guanidine groups is 1. The number of fused-ring (bicyclic) bond motifs is 1. The van der Waals surface area contributed by atoms with Crippen molar-refractivity contribution in [3.63, 3.8) is 0 Å². The van der Waals surface area contributed by atoms with Crippen LogP contribution < -0.4 is 28.1 Å². The average Bonchev–Trinajstić information content (AvgIpc) is 2.64. The van der Waals surface area contributed by atoms with Gasteiger partial charge in [0.2, 0.25) is 5.91 Å². The number of aryl methyl sites for hydroxylation is 1. The quantitative estimate of drug-likeness (QED) is 0.189. The van der Waals surface area contributed by atoms with Crippen molar-refractivity contribution in [3.05, 3.63) is 40.2 Å². The lowest BCUT2D eigenvalue weighted by Gasteiger charge is -2.12. The van der Waals surface area contributed by atoms with E-state index < -0.39 is 23.8 Å². The van der Waals surface area contributed by atoms with Gasteiger partial charge in [0.05, 0.1) is 6.04 Å².